The second-order valence-electron chi connectivity index (χ2n) is 7.79. The lowest BCUT2D eigenvalue weighted by Crippen LogP contribution is -2.33. The topological polar surface area (TPSA) is 38.1 Å². The van der Waals surface area contributed by atoms with Gasteiger partial charge in [-0.1, -0.05) is 56.3 Å². The van der Waals surface area contributed by atoms with E-state index in [0.29, 0.717) is 13.0 Å². The van der Waals surface area contributed by atoms with Crippen molar-refractivity contribution in [2.24, 2.45) is 0 Å². The quantitative estimate of drug-likeness (QED) is 0.415. The number of aromatic nitrogens is 2. The minimum atomic E-state index is 0.101. The first kappa shape index (κ1) is 20.8. The number of aryl methyl sites for hydroxylation is 2. The summed E-state index contributed by atoms with van der Waals surface area (Å²) in [6.07, 6.45) is 0.654. The highest BCUT2D eigenvalue weighted by molar-refractivity contribution is 7.18. The van der Waals surface area contributed by atoms with E-state index in [1.54, 1.807) is 11.3 Å². The van der Waals surface area contributed by atoms with Crippen LogP contribution in [0.25, 0.3) is 21.0 Å². The molecular formula is C25H29N3OS. The molecule has 0 atom stereocenters. The van der Waals surface area contributed by atoms with E-state index in [4.69, 9.17) is 4.98 Å². The first-order valence-electron chi connectivity index (χ1n) is 10.7. The van der Waals surface area contributed by atoms with Gasteiger partial charge in [-0.2, -0.15) is 0 Å². The third-order valence-corrected chi connectivity index (χ3v) is 7.23. The smallest absolute Gasteiger partial charge is 0.262 e. The van der Waals surface area contributed by atoms with Crippen molar-refractivity contribution in [2.75, 3.05) is 19.6 Å². The average Bonchev–Trinajstić information content (AvgIpc) is 3.04. The number of hydrogen-bond donors (Lipinski definition) is 0. The number of hydrogen-bond acceptors (Lipinski definition) is 4. The van der Waals surface area contributed by atoms with Crippen LogP contribution >= 0.6 is 11.3 Å². The van der Waals surface area contributed by atoms with Crippen LogP contribution in [0.2, 0.25) is 0 Å². The van der Waals surface area contributed by atoms with Crippen molar-refractivity contribution in [1.82, 2.24) is 14.5 Å². The van der Waals surface area contributed by atoms with Gasteiger partial charge in [-0.05, 0) is 48.8 Å². The Morgan fingerprint density at radius 2 is 1.77 bits per heavy atom. The molecule has 4 aromatic rings. The summed E-state index contributed by atoms with van der Waals surface area (Å²) in [4.78, 5) is 22.9. The van der Waals surface area contributed by atoms with E-state index in [9.17, 15) is 4.79 Å². The lowest BCUT2D eigenvalue weighted by Gasteiger charge is -2.20. The molecule has 2 aromatic heterocycles. The van der Waals surface area contributed by atoms with Crippen LogP contribution in [0.1, 0.15) is 35.7 Å². The van der Waals surface area contributed by atoms with Gasteiger partial charge < -0.3 is 4.90 Å². The van der Waals surface area contributed by atoms with Gasteiger partial charge in [-0.3, -0.25) is 9.36 Å². The van der Waals surface area contributed by atoms with Crippen LogP contribution in [0, 0.1) is 13.8 Å². The van der Waals surface area contributed by atoms with Crippen LogP contribution < -0.4 is 5.56 Å². The highest BCUT2D eigenvalue weighted by atomic mass is 32.1. The Balaban J connectivity index is 1.84. The number of nitrogens with zero attached hydrogens (tertiary/aromatic N) is 3. The molecule has 30 heavy (non-hydrogen) atoms. The summed E-state index contributed by atoms with van der Waals surface area (Å²) < 4.78 is 1.92. The van der Waals surface area contributed by atoms with Crippen LogP contribution in [0.15, 0.2) is 47.3 Å². The van der Waals surface area contributed by atoms with Crippen molar-refractivity contribution in [2.45, 2.75) is 40.7 Å². The predicted octanol–water partition coefficient (Wildman–Crippen LogP) is 5.16. The lowest BCUT2D eigenvalue weighted by atomic mass is 10.0. The van der Waals surface area contributed by atoms with Crippen molar-refractivity contribution in [3.63, 3.8) is 0 Å². The molecule has 0 aliphatic heterocycles. The van der Waals surface area contributed by atoms with Crippen molar-refractivity contribution in [3.8, 4) is 0 Å². The zero-order chi connectivity index (χ0) is 21.3. The van der Waals surface area contributed by atoms with Crippen LogP contribution in [-0.2, 0) is 13.0 Å². The maximum atomic E-state index is 13.5. The van der Waals surface area contributed by atoms with Crippen molar-refractivity contribution >= 4 is 32.3 Å². The Morgan fingerprint density at radius 1 is 1.03 bits per heavy atom. The summed E-state index contributed by atoms with van der Waals surface area (Å²) in [7, 11) is 0. The first-order chi connectivity index (χ1) is 14.5. The Bertz CT molecular complexity index is 1250. The third-order valence-electron chi connectivity index (χ3n) is 6.13. The Labute approximate surface area is 181 Å². The summed E-state index contributed by atoms with van der Waals surface area (Å²) in [6, 6.07) is 14.8. The van der Waals surface area contributed by atoms with Crippen molar-refractivity contribution < 1.29 is 0 Å². The normalized spacial score (nSPS) is 11.8. The van der Waals surface area contributed by atoms with Gasteiger partial charge in [0, 0.05) is 24.4 Å². The van der Waals surface area contributed by atoms with E-state index < -0.39 is 0 Å². The highest BCUT2D eigenvalue weighted by Crippen LogP contribution is 2.27. The minimum Gasteiger partial charge on any atom is -0.302 e. The van der Waals surface area contributed by atoms with Gasteiger partial charge in [0.1, 0.15) is 10.7 Å². The van der Waals surface area contributed by atoms with Gasteiger partial charge in [0.2, 0.25) is 0 Å². The molecule has 0 saturated carbocycles. The van der Waals surface area contributed by atoms with Crippen molar-refractivity contribution in [1.29, 1.82) is 0 Å². The van der Waals surface area contributed by atoms with E-state index >= 15 is 0 Å². The highest BCUT2D eigenvalue weighted by Gasteiger charge is 2.17. The van der Waals surface area contributed by atoms with Crippen LogP contribution in [0.4, 0.5) is 0 Å². The van der Waals surface area contributed by atoms with E-state index in [0.717, 1.165) is 41.2 Å². The fraction of sp³-hybridized carbons (Fsp3) is 0.360. The molecule has 0 spiro atoms. The fourth-order valence-electron chi connectivity index (χ4n) is 4.13. The van der Waals surface area contributed by atoms with Crippen LogP contribution in [0.3, 0.4) is 0 Å². The molecule has 5 heteroatoms. The zero-order valence-electron chi connectivity index (χ0n) is 18.2. The fourth-order valence-corrected chi connectivity index (χ4v) is 5.17. The number of rotatable bonds is 7. The number of fused-ring (bicyclic) bond motifs is 2. The van der Waals surface area contributed by atoms with Crippen molar-refractivity contribution in [3.05, 3.63) is 74.6 Å². The maximum absolute atomic E-state index is 13.5. The van der Waals surface area contributed by atoms with Gasteiger partial charge in [0.15, 0.2) is 0 Å². The molecule has 2 heterocycles. The zero-order valence-corrected chi connectivity index (χ0v) is 19.1. The van der Waals surface area contributed by atoms with E-state index in [2.05, 4.69) is 68.1 Å². The van der Waals surface area contributed by atoms with Gasteiger partial charge >= 0.3 is 0 Å². The van der Waals surface area contributed by atoms with Gasteiger partial charge in [0.25, 0.3) is 5.56 Å². The minimum absolute atomic E-state index is 0.101. The van der Waals surface area contributed by atoms with Gasteiger partial charge in [0.05, 0.1) is 5.39 Å². The van der Waals surface area contributed by atoms with E-state index in [1.807, 2.05) is 11.5 Å². The molecule has 0 amide bonds. The number of benzene rings is 2. The second kappa shape index (κ2) is 8.70. The number of likely N-dealkylation sites (N-methyl/N-ethyl adjacent to an activating group) is 1. The predicted molar refractivity (Wildman–Crippen MR) is 128 cm³/mol. The molecule has 0 aliphatic rings. The summed E-state index contributed by atoms with van der Waals surface area (Å²) in [6.45, 7) is 11.9. The molecule has 0 N–H and O–H groups in total. The summed E-state index contributed by atoms with van der Waals surface area (Å²) in [5.41, 5.74) is 2.38. The first-order valence-corrected chi connectivity index (χ1v) is 11.5. The Kier molecular flexibility index (Phi) is 6.02. The summed E-state index contributed by atoms with van der Waals surface area (Å²) in [5, 5.41) is 3.23. The van der Waals surface area contributed by atoms with Gasteiger partial charge in [-0.25, -0.2) is 4.98 Å². The monoisotopic (exact) mass is 419 g/mol. The molecule has 0 radical (unpaired) electrons. The average molecular weight is 420 g/mol. The van der Waals surface area contributed by atoms with Gasteiger partial charge in [-0.15, -0.1) is 11.3 Å². The largest absolute Gasteiger partial charge is 0.302 e. The molecule has 4 rings (SSSR count). The summed E-state index contributed by atoms with van der Waals surface area (Å²) in [5.74, 6) is 0.859. The summed E-state index contributed by atoms with van der Waals surface area (Å²) >= 11 is 1.63. The number of thiophene rings is 1. The van der Waals surface area contributed by atoms with Crippen LogP contribution in [-0.4, -0.2) is 34.1 Å². The third kappa shape index (κ3) is 3.80. The Hall–Kier alpha value is -2.50. The molecular weight excluding hydrogens is 390 g/mol. The standard InChI is InChI=1S/C25H29N3OS/c1-5-27(6-2)14-15-28-22(26-24-23(25(28)29)17(3)18(4)30-24)16-20-12-9-11-19-10-7-8-13-21(19)20/h7-13H,5-6,14-16H2,1-4H3. The Morgan fingerprint density at radius 3 is 2.53 bits per heavy atom. The molecule has 0 bridgehead atoms. The van der Waals surface area contributed by atoms with E-state index in [-0.39, 0.29) is 5.56 Å². The molecule has 4 nitrogen and oxygen atoms in total. The second-order valence-corrected chi connectivity index (χ2v) is 8.99. The SMILES string of the molecule is CCN(CC)CCn1c(Cc2cccc3ccccc23)nc2sc(C)c(C)c2c1=O. The molecule has 156 valence electrons. The molecule has 2 aromatic carbocycles. The van der Waals surface area contributed by atoms with E-state index in [1.165, 1.54) is 21.2 Å². The maximum Gasteiger partial charge on any atom is 0.262 e. The molecule has 0 unspecified atom stereocenters. The molecule has 0 fully saturated rings. The molecule has 0 saturated heterocycles. The molecule has 0 aliphatic carbocycles. The lowest BCUT2D eigenvalue weighted by molar-refractivity contribution is 0.287. The van der Waals surface area contributed by atoms with Crippen LogP contribution in [0.5, 0.6) is 0 Å².